The number of sulfonamides is 1. The number of hydrogen-bond acceptors (Lipinski definition) is 4. The molecule has 2 heterocycles. The number of carbonyl (C=O) groups excluding carboxylic acids is 1. The van der Waals surface area contributed by atoms with Gasteiger partial charge in [0.2, 0.25) is 15.9 Å². The number of aryl methyl sites for hydroxylation is 3. The number of nitrogens with one attached hydrogen (secondary N) is 1. The molecule has 2 aliphatic heterocycles. The lowest BCUT2D eigenvalue weighted by atomic mass is 9.85. The first-order valence-corrected chi connectivity index (χ1v) is 14.0. The van der Waals surface area contributed by atoms with Crippen LogP contribution in [0.3, 0.4) is 0 Å². The fraction of sp³-hybridized carbons (Fsp3) is 0.345. The highest BCUT2D eigenvalue weighted by molar-refractivity contribution is 7.89. The molecule has 7 heteroatoms. The van der Waals surface area contributed by atoms with Gasteiger partial charge in [-0.2, -0.15) is 0 Å². The number of para-hydroxylation sites is 2. The molecule has 0 aliphatic carbocycles. The Labute approximate surface area is 214 Å². The van der Waals surface area contributed by atoms with Crippen LogP contribution in [0.2, 0.25) is 0 Å². The summed E-state index contributed by atoms with van der Waals surface area (Å²) in [6.07, 6.45) is 2.63. The summed E-state index contributed by atoms with van der Waals surface area (Å²) in [7, 11) is -1.97. The molecule has 0 bridgehead atoms. The highest BCUT2D eigenvalue weighted by atomic mass is 32.2. The number of anilines is 3. The predicted octanol–water partition coefficient (Wildman–Crippen LogP) is 4.85. The van der Waals surface area contributed by atoms with Crippen molar-refractivity contribution in [3.63, 3.8) is 0 Å². The van der Waals surface area contributed by atoms with E-state index in [9.17, 15) is 13.2 Å². The minimum absolute atomic E-state index is 0.0267. The number of benzene rings is 3. The van der Waals surface area contributed by atoms with E-state index in [0.29, 0.717) is 19.5 Å². The van der Waals surface area contributed by atoms with E-state index in [4.69, 9.17) is 0 Å². The molecule has 2 aliphatic rings. The summed E-state index contributed by atoms with van der Waals surface area (Å²) in [5.41, 5.74) is 6.59. The maximum absolute atomic E-state index is 13.2. The number of rotatable bonds is 6. The van der Waals surface area contributed by atoms with Crippen molar-refractivity contribution in [2.45, 2.75) is 50.3 Å². The molecule has 0 spiro atoms. The Balaban J connectivity index is 1.34. The molecule has 1 N–H and O–H groups in total. The minimum atomic E-state index is -3.72. The number of likely N-dealkylation sites (N-methyl/N-ethyl adjacent to an activating group) is 1. The van der Waals surface area contributed by atoms with Gasteiger partial charge in [0, 0.05) is 31.5 Å². The van der Waals surface area contributed by atoms with Gasteiger partial charge in [-0.3, -0.25) is 4.79 Å². The molecule has 0 aromatic heterocycles. The Morgan fingerprint density at radius 2 is 1.53 bits per heavy atom. The van der Waals surface area contributed by atoms with Crippen LogP contribution in [0.4, 0.5) is 17.1 Å². The summed E-state index contributed by atoms with van der Waals surface area (Å²) in [4.78, 5) is 16.9. The maximum Gasteiger partial charge on any atom is 0.240 e. The van der Waals surface area contributed by atoms with Crippen LogP contribution < -0.4 is 14.5 Å². The van der Waals surface area contributed by atoms with Crippen LogP contribution in [-0.4, -0.2) is 34.5 Å². The van der Waals surface area contributed by atoms with Crippen molar-refractivity contribution in [2.24, 2.45) is 0 Å². The SMILES string of the molecule is Cc1cc(S(=O)(=O)NCCCN2c3ccccc3CCc3ccccc32)cc2c1N(C)C(=O)C2(C)C. The topological polar surface area (TPSA) is 69.7 Å². The highest BCUT2D eigenvalue weighted by Gasteiger charge is 2.43. The zero-order valence-corrected chi connectivity index (χ0v) is 22.2. The Hall–Kier alpha value is -3.16. The molecule has 1 amide bonds. The van der Waals surface area contributed by atoms with E-state index in [1.165, 1.54) is 22.5 Å². The van der Waals surface area contributed by atoms with Crippen molar-refractivity contribution < 1.29 is 13.2 Å². The van der Waals surface area contributed by atoms with Crippen LogP contribution in [0.1, 0.15) is 42.5 Å². The summed E-state index contributed by atoms with van der Waals surface area (Å²) < 4.78 is 29.3. The second kappa shape index (κ2) is 9.05. The molecule has 0 unspecified atom stereocenters. The zero-order chi connectivity index (χ0) is 25.7. The van der Waals surface area contributed by atoms with Gasteiger partial charge < -0.3 is 9.80 Å². The Kier molecular flexibility index (Phi) is 6.17. The molecule has 0 saturated carbocycles. The van der Waals surface area contributed by atoms with Gasteiger partial charge >= 0.3 is 0 Å². The Bertz CT molecular complexity index is 1400. The predicted molar refractivity (Wildman–Crippen MR) is 145 cm³/mol. The van der Waals surface area contributed by atoms with Crippen molar-refractivity contribution in [1.82, 2.24) is 4.72 Å². The van der Waals surface area contributed by atoms with E-state index in [-0.39, 0.29) is 10.8 Å². The molecule has 0 atom stereocenters. The normalized spacial score (nSPS) is 16.4. The van der Waals surface area contributed by atoms with Crippen molar-refractivity contribution in [1.29, 1.82) is 0 Å². The summed E-state index contributed by atoms with van der Waals surface area (Å²) in [6.45, 7) is 6.57. The van der Waals surface area contributed by atoms with Gasteiger partial charge in [0.15, 0.2) is 0 Å². The Morgan fingerprint density at radius 3 is 2.14 bits per heavy atom. The highest BCUT2D eigenvalue weighted by Crippen LogP contribution is 2.44. The van der Waals surface area contributed by atoms with Crippen molar-refractivity contribution in [2.75, 3.05) is 29.9 Å². The number of nitrogens with zero attached hydrogens (tertiary/aromatic N) is 2. The summed E-state index contributed by atoms with van der Waals surface area (Å²) in [6, 6.07) is 20.2. The van der Waals surface area contributed by atoms with E-state index in [1.54, 1.807) is 24.1 Å². The number of fused-ring (bicyclic) bond motifs is 3. The molecule has 188 valence electrons. The number of hydrogen-bond donors (Lipinski definition) is 1. The molecular weight excluding hydrogens is 470 g/mol. The third-order valence-electron chi connectivity index (χ3n) is 7.51. The first-order chi connectivity index (χ1) is 17.1. The van der Waals surface area contributed by atoms with E-state index < -0.39 is 15.4 Å². The average molecular weight is 504 g/mol. The fourth-order valence-corrected chi connectivity index (χ4v) is 6.78. The van der Waals surface area contributed by atoms with Crippen LogP contribution in [0.25, 0.3) is 0 Å². The largest absolute Gasteiger partial charge is 0.341 e. The van der Waals surface area contributed by atoms with Crippen LogP contribution in [-0.2, 0) is 33.1 Å². The second-order valence-corrected chi connectivity index (χ2v) is 12.1. The quantitative estimate of drug-likeness (QED) is 0.488. The molecule has 0 saturated heterocycles. The summed E-state index contributed by atoms with van der Waals surface area (Å²) in [5, 5.41) is 0. The van der Waals surface area contributed by atoms with Gasteiger partial charge in [-0.15, -0.1) is 0 Å². The molecule has 0 radical (unpaired) electrons. The van der Waals surface area contributed by atoms with Crippen LogP contribution in [0.5, 0.6) is 0 Å². The third-order valence-corrected chi connectivity index (χ3v) is 8.95. The Morgan fingerprint density at radius 1 is 0.944 bits per heavy atom. The van der Waals surface area contributed by atoms with Gasteiger partial charge in [0.1, 0.15) is 0 Å². The van der Waals surface area contributed by atoms with Crippen molar-refractivity contribution in [3.8, 4) is 0 Å². The van der Waals surface area contributed by atoms with E-state index in [1.807, 2.05) is 20.8 Å². The van der Waals surface area contributed by atoms with Crippen molar-refractivity contribution >= 4 is 33.0 Å². The van der Waals surface area contributed by atoms with Crippen molar-refractivity contribution in [3.05, 3.63) is 82.9 Å². The van der Waals surface area contributed by atoms with E-state index in [2.05, 4.69) is 58.2 Å². The molecule has 6 nitrogen and oxygen atoms in total. The smallest absolute Gasteiger partial charge is 0.240 e. The molecule has 36 heavy (non-hydrogen) atoms. The first-order valence-electron chi connectivity index (χ1n) is 12.5. The average Bonchev–Trinajstić information content (AvgIpc) is 2.97. The van der Waals surface area contributed by atoms with Crippen LogP contribution >= 0.6 is 0 Å². The molecule has 3 aromatic carbocycles. The summed E-state index contributed by atoms with van der Waals surface area (Å²) in [5.74, 6) is -0.0267. The third kappa shape index (κ3) is 4.10. The first kappa shape index (κ1) is 24.5. The van der Waals surface area contributed by atoms with Gasteiger partial charge in [0.05, 0.1) is 16.0 Å². The number of carbonyl (C=O) groups is 1. The van der Waals surface area contributed by atoms with Gasteiger partial charge in [-0.05, 0) is 86.6 Å². The monoisotopic (exact) mass is 503 g/mol. The van der Waals surface area contributed by atoms with E-state index in [0.717, 1.165) is 29.7 Å². The fourth-order valence-electron chi connectivity index (χ4n) is 5.60. The lowest BCUT2D eigenvalue weighted by Gasteiger charge is -2.27. The van der Waals surface area contributed by atoms with Crippen LogP contribution in [0.15, 0.2) is 65.6 Å². The number of amides is 1. The summed E-state index contributed by atoms with van der Waals surface area (Å²) >= 11 is 0. The van der Waals surface area contributed by atoms with Gasteiger partial charge in [-0.1, -0.05) is 36.4 Å². The van der Waals surface area contributed by atoms with Gasteiger partial charge in [-0.25, -0.2) is 13.1 Å². The molecule has 5 rings (SSSR count). The standard InChI is InChI=1S/C29H33N3O3S/c1-20-18-23(19-24-27(20)31(4)28(33)29(24,2)3)36(34,35)30-16-9-17-32-25-12-7-5-10-21(25)14-15-22-11-6-8-13-26(22)32/h5-8,10-13,18-19,30H,9,14-17H2,1-4H3. The minimum Gasteiger partial charge on any atom is -0.341 e. The second-order valence-electron chi connectivity index (χ2n) is 10.3. The zero-order valence-electron chi connectivity index (χ0n) is 21.3. The van der Waals surface area contributed by atoms with Gasteiger partial charge in [0.25, 0.3) is 0 Å². The maximum atomic E-state index is 13.2. The van der Waals surface area contributed by atoms with E-state index >= 15 is 0 Å². The lowest BCUT2D eigenvalue weighted by molar-refractivity contribution is -0.121. The molecular formula is C29H33N3O3S. The lowest BCUT2D eigenvalue weighted by Crippen LogP contribution is -2.33. The molecule has 3 aromatic rings. The van der Waals surface area contributed by atoms with Crippen LogP contribution in [0, 0.1) is 6.92 Å². The molecule has 0 fully saturated rings.